The van der Waals surface area contributed by atoms with Gasteiger partial charge in [-0.2, -0.15) is 0 Å². The van der Waals surface area contributed by atoms with E-state index in [9.17, 15) is 14.0 Å². The molecule has 1 amide bonds. The van der Waals surface area contributed by atoms with Gasteiger partial charge in [0.25, 0.3) is 0 Å². The summed E-state index contributed by atoms with van der Waals surface area (Å²) in [5, 5.41) is 2.57. The Bertz CT molecular complexity index is 759. The third-order valence-electron chi connectivity index (χ3n) is 3.28. The Labute approximate surface area is 145 Å². The predicted molar refractivity (Wildman–Crippen MR) is 91.4 cm³/mol. The molecule has 0 atom stereocenters. The summed E-state index contributed by atoms with van der Waals surface area (Å²) in [6.45, 7) is 0.426. The van der Waals surface area contributed by atoms with E-state index >= 15 is 0 Å². The fourth-order valence-electron chi connectivity index (χ4n) is 2.02. The van der Waals surface area contributed by atoms with Gasteiger partial charge in [-0.05, 0) is 23.3 Å². The van der Waals surface area contributed by atoms with E-state index in [1.807, 2.05) is 30.3 Å². The molecule has 0 radical (unpaired) electrons. The lowest BCUT2D eigenvalue weighted by Gasteiger charge is -2.05. The molecule has 6 heteroatoms. The molecule has 0 saturated heterocycles. The predicted octanol–water partition coefficient (Wildman–Crippen LogP) is 3.55. The van der Waals surface area contributed by atoms with E-state index in [1.165, 1.54) is 25.3 Å². The first-order chi connectivity index (χ1) is 12.1. The van der Waals surface area contributed by atoms with Gasteiger partial charge in [-0.1, -0.05) is 48.6 Å². The van der Waals surface area contributed by atoms with Crippen molar-refractivity contribution in [1.29, 1.82) is 0 Å². The molecule has 0 fully saturated rings. The third kappa shape index (κ3) is 5.76. The second-order valence-electron chi connectivity index (χ2n) is 5.08. The Balaban J connectivity index is 1.81. The molecule has 5 nitrogen and oxygen atoms in total. The van der Waals surface area contributed by atoms with Crippen LogP contribution in [-0.4, -0.2) is 25.7 Å². The second kappa shape index (κ2) is 9.22. The van der Waals surface area contributed by atoms with Gasteiger partial charge in [0, 0.05) is 6.54 Å². The van der Waals surface area contributed by atoms with Crippen molar-refractivity contribution in [3.63, 3.8) is 0 Å². The Morgan fingerprint density at radius 3 is 2.64 bits per heavy atom. The average molecular weight is 343 g/mol. The van der Waals surface area contributed by atoms with E-state index in [4.69, 9.17) is 4.74 Å². The smallest absolute Gasteiger partial charge is 0.407 e. The molecule has 0 bridgehead atoms. The van der Waals surface area contributed by atoms with Crippen LogP contribution in [0.5, 0.6) is 0 Å². The fourth-order valence-corrected chi connectivity index (χ4v) is 2.02. The van der Waals surface area contributed by atoms with Gasteiger partial charge in [-0.15, -0.1) is 0 Å². The van der Waals surface area contributed by atoms with Gasteiger partial charge < -0.3 is 14.8 Å². The monoisotopic (exact) mass is 343 g/mol. The van der Waals surface area contributed by atoms with E-state index < -0.39 is 17.9 Å². The van der Waals surface area contributed by atoms with Gasteiger partial charge >= 0.3 is 12.1 Å². The number of benzene rings is 2. The lowest BCUT2D eigenvalue weighted by atomic mass is 10.1. The van der Waals surface area contributed by atoms with E-state index in [-0.39, 0.29) is 18.7 Å². The van der Waals surface area contributed by atoms with Gasteiger partial charge in [0.1, 0.15) is 12.4 Å². The molecule has 0 aliphatic carbocycles. The molecule has 2 aromatic carbocycles. The maximum atomic E-state index is 13.5. The number of alkyl carbamates (subject to hydrolysis) is 1. The number of esters is 1. The molecule has 2 aromatic rings. The lowest BCUT2D eigenvalue weighted by Crippen LogP contribution is -2.24. The number of methoxy groups -OCH3 is 1. The molecule has 0 spiro atoms. The number of rotatable bonds is 6. The standard InChI is InChI=1S/C19H18FNO4/c1-24-18(22)16-12-14(9-10-17(16)20)8-5-11-21-19(23)25-13-15-6-3-2-4-7-15/h2-10,12H,11,13H2,1H3,(H,21,23). The van der Waals surface area contributed by atoms with Crippen molar-refractivity contribution in [2.24, 2.45) is 0 Å². The Kier molecular flexibility index (Phi) is 6.71. The number of hydrogen-bond acceptors (Lipinski definition) is 4. The third-order valence-corrected chi connectivity index (χ3v) is 3.28. The molecule has 0 saturated carbocycles. The minimum absolute atomic E-state index is 0.139. The molecular weight excluding hydrogens is 325 g/mol. The number of amides is 1. The zero-order valence-corrected chi connectivity index (χ0v) is 13.7. The molecule has 0 aliphatic heterocycles. The van der Waals surface area contributed by atoms with E-state index in [1.54, 1.807) is 12.2 Å². The number of carbonyl (C=O) groups is 2. The van der Waals surface area contributed by atoms with Crippen LogP contribution >= 0.6 is 0 Å². The summed E-state index contributed by atoms with van der Waals surface area (Å²) in [4.78, 5) is 23.0. The summed E-state index contributed by atoms with van der Waals surface area (Å²) < 4.78 is 23.1. The van der Waals surface area contributed by atoms with Crippen LogP contribution in [0, 0.1) is 5.82 Å². The van der Waals surface area contributed by atoms with Crippen LogP contribution in [0.25, 0.3) is 6.08 Å². The van der Waals surface area contributed by atoms with Crippen molar-refractivity contribution >= 4 is 18.1 Å². The topological polar surface area (TPSA) is 64.6 Å². The van der Waals surface area contributed by atoms with Crippen LogP contribution in [0.15, 0.2) is 54.6 Å². The molecule has 25 heavy (non-hydrogen) atoms. The van der Waals surface area contributed by atoms with E-state index in [0.29, 0.717) is 5.56 Å². The summed E-state index contributed by atoms with van der Waals surface area (Å²) in [7, 11) is 1.19. The zero-order valence-electron chi connectivity index (χ0n) is 13.7. The maximum absolute atomic E-state index is 13.5. The fraction of sp³-hybridized carbons (Fsp3) is 0.158. The Morgan fingerprint density at radius 1 is 1.16 bits per heavy atom. The minimum Gasteiger partial charge on any atom is -0.465 e. The molecule has 1 N–H and O–H groups in total. The SMILES string of the molecule is COC(=O)c1cc(C=CCNC(=O)OCc2ccccc2)ccc1F. The van der Waals surface area contributed by atoms with Crippen LogP contribution in [0.2, 0.25) is 0 Å². The molecule has 0 aliphatic rings. The van der Waals surface area contributed by atoms with Crippen molar-refractivity contribution in [1.82, 2.24) is 5.32 Å². The van der Waals surface area contributed by atoms with Crippen LogP contribution in [0.4, 0.5) is 9.18 Å². The number of hydrogen-bond donors (Lipinski definition) is 1. The van der Waals surface area contributed by atoms with E-state index in [2.05, 4.69) is 10.1 Å². The van der Waals surface area contributed by atoms with Crippen molar-refractivity contribution in [2.75, 3.05) is 13.7 Å². The van der Waals surface area contributed by atoms with E-state index in [0.717, 1.165) is 5.56 Å². The summed E-state index contributed by atoms with van der Waals surface area (Å²) >= 11 is 0. The normalized spacial score (nSPS) is 10.5. The Morgan fingerprint density at radius 2 is 1.92 bits per heavy atom. The van der Waals surface area contributed by atoms with Crippen LogP contribution < -0.4 is 5.32 Å². The van der Waals surface area contributed by atoms with Crippen molar-refractivity contribution in [3.8, 4) is 0 Å². The maximum Gasteiger partial charge on any atom is 0.407 e. The first-order valence-electron chi connectivity index (χ1n) is 7.59. The highest BCUT2D eigenvalue weighted by Gasteiger charge is 2.11. The number of halogens is 1. The highest BCUT2D eigenvalue weighted by molar-refractivity contribution is 5.90. The molecule has 0 heterocycles. The Hall–Kier alpha value is -3.15. The van der Waals surface area contributed by atoms with Crippen molar-refractivity contribution in [3.05, 3.63) is 77.1 Å². The number of carbonyl (C=O) groups excluding carboxylic acids is 2. The van der Waals surface area contributed by atoms with Gasteiger partial charge in [0.05, 0.1) is 12.7 Å². The molecule has 2 rings (SSSR count). The number of nitrogens with one attached hydrogen (secondary N) is 1. The molecule has 0 aromatic heterocycles. The first-order valence-corrected chi connectivity index (χ1v) is 7.59. The number of ether oxygens (including phenoxy) is 2. The zero-order chi connectivity index (χ0) is 18.1. The molecule has 0 unspecified atom stereocenters. The van der Waals surface area contributed by atoms with Gasteiger partial charge in [-0.3, -0.25) is 0 Å². The quantitative estimate of drug-likeness (QED) is 0.815. The van der Waals surface area contributed by atoms with Crippen molar-refractivity contribution in [2.45, 2.75) is 6.61 Å². The lowest BCUT2D eigenvalue weighted by molar-refractivity contribution is 0.0595. The summed E-state index contributed by atoms with van der Waals surface area (Å²) in [5.74, 6) is -1.39. The highest BCUT2D eigenvalue weighted by Crippen LogP contribution is 2.13. The largest absolute Gasteiger partial charge is 0.465 e. The van der Waals surface area contributed by atoms with Gasteiger partial charge in [0.2, 0.25) is 0 Å². The molecule has 130 valence electrons. The summed E-state index contributed by atoms with van der Waals surface area (Å²) in [6.07, 6.45) is 2.78. The van der Waals surface area contributed by atoms with Crippen LogP contribution in [0.3, 0.4) is 0 Å². The summed E-state index contributed by atoms with van der Waals surface area (Å²) in [6, 6.07) is 13.4. The highest BCUT2D eigenvalue weighted by atomic mass is 19.1. The average Bonchev–Trinajstić information content (AvgIpc) is 2.65. The first kappa shape index (κ1) is 18.2. The van der Waals surface area contributed by atoms with Crippen LogP contribution in [-0.2, 0) is 16.1 Å². The second-order valence-corrected chi connectivity index (χ2v) is 5.08. The van der Waals surface area contributed by atoms with Crippen molar-refractivity contribution < 1.29 is 23.5 Å². The molecular formula is C19H18FNO4. The summed E-state index contributed by atoms with van der Waals surface area (Å²) in [5.41, 5.74) is 1.37. The van der Waals surface area contributed by atoms with Gasteiger partial charge in [-0.25, -0.2) is 14.0 Å². The van der Waals surface area contributed by atoms with Crippen LogP contribution in [0.1, 0.15) is 21.5 Å². The minimum atomic E-state index is -0.740. The van der Waals surface area contributed by atoms with Gasteiger partial charge in [0.15, 0.2) is 0 Å².